The number of benzene rings is 1. The van der Waals surface area contributed by atoms with Crippen molar-refractivity contribution in [2.24, 2.45) is 0 Å². The van der Waals surface area contributed by atoms with Crippen molar-refractivity contribution in [2.45, 2.75) is 31.6 Å². The van der Waals surface area contributed by atoms with Gasteiger partial charge in [0.05, 0.1) is 17.3 Å². The van der Waals surface area contributed by atoms with Crippen molar-refractivity contribution < 1.29 is 4.79 Å². The highest BCUT2D eigenvalue weighted by molar-refractivity contribution is 5.88. The molecule has 4 rings (SSSR count). The summed E-state index contributed by atoms with van der Waals surface area (Å²) in [5, 5.41) is 6.87. The number of aromatic amines is 1. The zero-order valence-electron chi connectivity index (χ0n) is 14.2. The zero-order valence-corrected chi connectivity index (χ0v) is 14.2. The third-order valence-corrected chi connectivity index (χ3v) is 5.62. The van der Waals surface area contributed by atoms with E-state index < -0.39 is 0 Å². The van der Waals surface area contributed by atoms with Crippen molar-refractivity contribution in [3.63, 3.8) is 0 Å². The average Bonchev–Trinajstić information content (AvgIpc) is 3.16. The lowest BCUT2D eigenvalue weighted by Gasteiger charge is -2.42. The van der Waals surface area contributed by atoms with Gasteiger partial charge < -0.3 is 9.80 Å². The minimum Gasteiger partial charge on any atom is -0.365 e. The first-order valence-electron chi connectivity index (χ1n) is 8.80. The van der Waals surface area contributed by atoms with Gasteiger partial charge in [-0.05, 0) is 37.3 Å². The summed E-state index contributed by atoms with van der Waals surface area (Å²) in [5.74, 6) is 0.293. The summed E-state index contributed by atoms with van der Waals surface area (Å²) in [5.41, 5.74) is 3.32. The van der Waals surface area contributed by atoms with Gasteiger partial charge in [-0.15, -0.1) is 0 Å². The van der Waals surface area contributed by atoms with E-state index in [2.05, 4.69) is 51.2 Å². The Hall–Kier alpha value is -2.30. The summed E-state index contributed by atoms with van der Waals surface area (Å²) in [6, 6.07) is 8.47. The Morgan fingerprint density at radius 2 is 2.00 bits per heavy atom. The van der Waals surface area contributed by atoms with Crippen molar-refractivity contribution in [3.8, 4) is 0 Å². The first-order chi connectivity index (χ1) is 11.7. The Labute approximate surface area is 142 Å². The van der Waals surface area contributed by atoms with Crippen LogP contribution in [0.1, 0.15) is 30.9 Å². The van der Waals surface area contributed by atoms with Crippen molar-refractivity contribution in [2.75, 3.05) is 31.1 Å². The fourth-order valence-corrected chi connectivity index (χ4v) is 4.20. The highest BCUT2D eigenvalue weighted by Crippen LogP contribution is 2.38. The van der Waals surface area contributed by atoms with Gasteiger partial charge in [0.15, 0.2) is 0 Å². The molecule has 1 aromatic heterocycles. The van der Waals surface area contributed by atoms with Gasteiger partial charge in [-0.2, -0.15) is 5.10 Å². The quantitative estimate of drug-likeness (QED) is 0.922. The summed E-state index contributed by atoms with van der Waals surface area (Å²) < 4.78 is 0. The Morgan fingerprint density at radius 3 is 2.75 bits per heavy atom. The summed E-state index contributed by atoms with van der Waals surface area (Å²) in [7, 11) is 0. The number of carbonyl (C=O) groups is 1. The van der Waals surface area contributed by atoms with Crippen molar-refractivity contribution >= 4 is 11.6 Å². The van der Waals surface area contributed by atoms with Gasteiger partial charge in [0.25, 0.3) is 0 Å². The first kappa shape index (κ1) is 15.2. The van der Waals surface area contributed by atoms with Crippen LogP contribution in [0, 0.1) is 0 Å². The molecule has 24 heavy (non-hydrogen) atoms. The van der Waals surface area contributed by atoms with Crippen LogP contribution in [0.15, 0.2) is 36.7 Å². The number of carbonyl (C=O) groups excluding carboxylic acids is 1. The predicted molar refractivity (Wildman–Crippen MR) is 94.1 cm³/mol. The van der Waals surface area contributed by atoms with Gasteiger partial charge in [-0.3, -0.25) is 9.89 Å². The second kappa shape index (κ2) is 5.96. The van der Waals surface area contributed by atoms with Crippen LogP contribution in [0.4, 0.5) is 5.69 Å². The van der Waals surface area contributed by atoms with Crippen LogP contribution in [0.25, 0.3) is 0 Å². The molecule has 5 heteroatoms. The van der Waals surface area contributed by atoms with Gasteiger partial charge in [0, 0.05) is 32.4 Å². The molecule has 1 aromatic carbocycles. The highest BCUT2D eigenvalue weighted by Gasteiger charge is 2.41. The number of piperazine rings is 1. The molecule has 126 valence electrons. The molecule has 1 atom stereocenters. The number of fused-ring (bicyclic) bond motifs is 1. The van der Waals surface area contributed by atoms with Crippen LogP contribution in [0.2, 0.25) is 0 Å². The summed E-state index contributed by atoms with van der Waals surface area (Å²) in [6.07, 6.45) is 6.89. The van der Waals surface area contributed by atoms with Gasteiger partial charge >= 0.3 is 0 Å². The van der Waals surface area contributed by atoms with E-state index in [1.54, 1.807) is 0 Å². The molecule has 2 aromatic rings. The Bertz CT molecular complexity index is 719. The summed E-state index contributed by atoms with van der Waals surface area (Å²) >= 11 is 0. The molecule has 1 saturated heterocycles. The molecule has 2 heterocycles. The van der Waals surface area contributed by atoms with Gasteiger partial charge in [-0.25, -0.2) is 0 Å². The molecule has 1 amide bonds. The standard InChI is InChI=1S/C19H24N4O/c1-19(8-4-6-15-5-2-3-7-17(15)19)18(24)23-11-9-22(10-12-23)16-13-20-21-14-16/h2-3,5,7,13-14H,4,6,8-12H2,1H3,(H,20,21). The van der Waals surface area contributed by atoms with Gasteiger partial charge in [0.1, 0.15) is 0 Å². The average molecular weight is 324 g/mol. The van der Waals surface area contributed by atoms with E-state index in [9.17, 15) is 4.79 Å². The Balaban J connectivity index is 1.51. The van der Waals surface area contributed by atoms with E-state index in [4.69, 9.17) is 0 Å². The maximum Gasteiger partial charge on any atom is 0.233 e. The number of nitrogens with zero attached hydrogens (tertiary/aromatic N) is 3. The summed E-state index contributed by atoms with van der Waals surface area (Å²) in [6.45, 7) is 5.42. The number of hydrogen-bond donors (Lipinski definition) is 1. The number of amides is 1. The molecule has 0 radical (unpaired) electrons. The third kappa shape index (κ3) is 2.48. The number of rotatable bonds is 2. The molecule has 1 aliphatic heterocycles. The van der Waals surface area contributed by atoms with Crippen molar-refractivity contribution in [1.29, 1.82) is 0 Å². The lowest BCUT2D eigenvalue weighted by molar-refractivity contribution is -0.137. The second-order valence-corrected chi connectivity index (χ2v) is 7.08. The molecule has 2 aliphatic rings. The molecule has 1 aliphatic carbocycles. The molecule has 0 bridgehead atoms. The monoisotopic (exact) mass is 324 g/mol. The maximum atomic E-state index is 13.3. The van der Waals surface area contributed by atoms with Crippen LogP contribution in [-0.4, -0.2) is 47.2 Å². The Morgan fingerprint density at radius 1 is 1.21 bits per heavy atom. The molecule has 1 fully saturated rings. The van der Waals surface area contributed by atoms with E-state index in [1.807, 2.05) is 12.4 Å². The minimum absolute atomic E-state index is 0.293. The molecule has 1 unspecified atom stereocenters. The lowest BCUT2D eigenvalue weighted by atomic mass is 9.70. The molecule has 5 nitrogen and oxygen atoms in total. The van der Waals surface area contributed by atoms with Crippen molar-refractivity contribution in [1.82, 2.24) is 15.1 Å². The van der Waals surface area contributed by atoms with Crippen LogP contribution < -0.4 is 4.90 Å². The number of H-pyrrole nitrogens is 1. The van der Waals surface area contributed by atoms with E-state index in [1.165, 1.54) is 11.1 Å². The number of aryl methyl sites for hydroxylation is 1. The highest BCUT2D eigenvalue weighted by atomic mass is 16.2. The van der Waals surface area contributed by atoms with E-state index in [0.29, 0.717) is 5.91 Å². The van der Waals surface area contributed by atoms with Gasteiger partial charge in [-0.1, -0.05) is 24.3 Å². The molecule has 1 N–H and O–H groups in total. The van der Waals surface area contributed by atoms with E-state index in [0.717, 1.165) is 51.1 Å². The van der Waals surface area contributed by atoms with Gasteiger partial charge in [0.2, 0.25) is 5.91 Å². The molecule has 0 spiro atoms. The molecular weight excluding hydrogens is 300 g/mol. The zero-order chi connectivity index (χ0) is 16.6. The van der Waals surface area contributed by atoms with E-state index >= 15 is 0 Å². The van der Waals surface area contributed by atoms with Crippen LogP contribution in [0.5, 0.6) is 0 Å². The van der Waals surface area contributed by atoms with E-state index in [-0.39, 0.29) is 5.41 Å². The third-order valence-electron chi connectivity index (χ3n) is 5.62. The summed E-state index contributed by atoms with van der Waals surface area (Å²) in [4.78, 5) is 17.7. The first-order valence-corrected chi connectivity index (χ1v) is 8.80. The fraction of sp³-hybridized carbons (Fsp3) is 0.474. The number of nitrogens with one attached hydrogen (secondary N) is 1. The number of hydrogen-bond acceptors (Lipinski definition) is 3. The lowest BCUT2D eigenvalue weighted by Crippen LogP contribution is -2.54. The molecule has 0 saturated carbocycles. The maximum absolute atomic E-state index is 13.3. The topological polar surface area (TPSA) is 52.2 Å². The van der Waals surface area contributed by atoms with Crippen molar-refractivity contribution in [3.05, 3.63) is 47.8 Å². The van der Waals surface area contributed by atoms with Crippen LogP contribution in [-0.2, 0) is 16.6 Å². The van der Waals surface area contributed by atoms with Crippen LogP contribution in [0.3, 0.4) is 0 Å². The second-order valence-electron chi connectivity index (χ2n) is 7.08. The normalized spacial score (nSPS) is 23.9. The smallest absolute Gasteiger partial charge is 0.233 e. The minimum atomic E-state index is -0.368. The number of aromatic nitrogens is 2. The Kier molecular flexibility index (Phi) is 3.79. The fourth-order valence-electron chi connectivity index (χ4n) is 4.20. The molecular formula is C19H24N4O. The number of anilines is 1. The SMILES string of the molecule is CC1(C(=O)N2CCN(c3cn[nH]c3)CC2)CCCc2ccccc21. The largest absolute Gasteiger partial charge is 0.365 e. The predicted octanol–water partition coefficient (Wildman–Crippen LogP) is 2.35. The van der Waals surface area contributed by atoms with Crippen LogP contribution >= 0.6 is 0 Å².